The molecule has 1 aromatic rings. The normalized spacial score (nSPS) is 13.9. The van der Waals surface area contributed by atoms with Crippen molar-refractivity contribution in [3.05, 3.63) is 34.9 Å². The first-order valence-corrected chi connectivity index (χ1v) is 6.66. The average Bonchev–Trinajstić information content (AvgIpc) is 2.81. The van der Waals surface area contributed by atoms with Gasteiger partial charge in [-0.1, -0.05) is 18.2 Å². The number of aryl methyl sites for hydroxylation is 2. The van der Waals surface area contributed by atoms with E-state index in [1.807, 2.05) is 7.05 Å². The lowest BCUT2D eigenvalue weighted by Crippen LogP contribution is -2.24. The van der Waals surface area contributed by atoms with Gasteiger partial charge in [0.1, 0.15) is 0 Å². The fourth-order valence-corrected chi connectivity index (χ4v) is 2.50. The van der Waals surface area contributed by atoms with Crippen LogP contribution in [0.15, 0.2) is 18.2 Å². The molecule has 98 valence electrons. The molecule has 3 nitrogen and oxygen atoms in total. The molecule has 1 N–H and O–H groups in total. The summed E-state index contributed by atoms with van der Waals surface area (Å²) in [6.45, 7) is 1.55. The number of carboxylic acids is 1. The Morgan fingerprint density at radius 3 is 2.83 bits per heavy atom. The highest BCUT2D eigenvalue weighted by molar-refractivity contribution is 5.66. The molecule has 0 amide bonds. The smallest absolute Gasteiger partial charge is 0.304 e. The van der Waals surface area contributed by atoms with Crippen LogP contribution in [0.25, 0.3) is 0 Å². The summed E-state index contributed by atoms with van der Waals surface area (Å²) < 4.78 is 0. The topological polar surface area (TPSA) is 40.5 Å². The Morgan fingerprint density at radius 1 is 1.28 bits per heavy atom. The van der Waals surface area contributed by atoms with E-state index in [1.165, 1.54) is 36.0 Å². The van der Waals surface area contributed by atoms with Gasteiger partial charge in [0.05, 0.1) is 6.42 Å². The third-order valence-corrected chi connectivity index (χ3v) is 3.65. The summed E-state index contributed by atoms with van der Waals surface area (Å²) >= 11 is 0. The number of carboxylic acid groups (broad SMARTS) is 1. The second-order valence-corrected chi connectivity index (χ2v) is 5.15. The van der Waals surface area contributed by atoms with E-state index in [4.69, 9.17) is 5.11 Å². The minimum absolute atomic E-state index is 0.223. The van der Waals surface area contributed by atoms with Crippen LogP contribution in [0, 0.1) is 0 Å². The summed E-state index contributed by atoms with van der Waals surface area (Å²) in [5.74, 6) is -0.723. The highest BCUT2D eigenvalue weighted by atomic mass is 16.4. The maximum atomic E-state index is 10.5. The molecule has 0 saturated heterocycles. The van der Waals surface area contributed by atoms with Crippen molar-refractivity contribution < 1.29 is 9.90 Å². The number of fused-ring (bicyclic) bond motifs is 1. The standard InChI is InChI=1S/C15H21NO2/c1-16(10-8-15(17)18)9-7-12-5-6-13-3-2-4-14(13)11-12/h5-6,11H,2-4,7-10H2,1H3,(H,17,18). The zero-order valence-corrected chi connectivity index (χ0v) is 11.0. The van der Waals surface area contributed by atoms with E-state index in [2.05, 4.69) is 23.1 Å². The number of nitrogens with zero attached hydrogens (tertiary/aromatic N) is 1. The van der Waals surface area contributed by atoms with Gasteiger partial charge in [-0.25, -0.2) is 0 Å². The summed E-state index contributed by atoms with van der Waals surface area (Å²) in [4.78, 5) is 12.6. The van der Waals surface area contributed by atoms with Crippen molar-refractivity contribution in [2.24, 2.45) is 0 Å². The van der Waals surface area contributed by atoms with Gasteiger partial charge in [0.2, 0.25) is 0 Å². The lowest BCUT2D eigenvalue weighted by atomic mass is 10.0. The predicted molar refractivity (Wildman–Crippen MR) is 71.9 cm³/mol. The fraction of sp³-hybridized carbons (Fsp3) is 0.533. The van der Waals surface area contributed by atoms with E-state index in [1.54, 1.807) is 0 Å². The third kappa shape index (κ3) is 3.57. The number of rotatable bonds is 6. The van der Waals surface area contributed by atoms with Crippen molar-refractivity contribution in [2.75, 3.05) is 20.1 Å². The maximum Gasteiger partial charge on any atom is 0.304 e. The molecule has 0 spiro atoms. The molecule has 0 heterocycles. The summed E-state index contributed by atoms with van der Waals surface area (Å²) in [7, 11) is 1.98. The highest BCUT2D eigenvalue weighted by Gasteiger charge is 2.11. The molecular formula is C15H21NO2. The molecule has 0 atom stereocenters. The molecule has 0 radical (unpaired) electrons. The molecule has 0 bridgehead atoms. The zero-order chi connectivity index (χ0) is 13.0. The number of hydrogen-bond donors (Lipinski definition) is 1. The zero-order valence-electron chi connectivity index (χ0n) is 11.0. The molecule has 1 aromatic carbocycles. The van der Waals surface area contributed by atoms with Gasteiger partial charge in [0.15, 0.2) is 0 Å². The van der Waals surface area contributed by atoms with Crippen LogP contribution in [-0.2, 0) is 24.1 Å². The molecule has 0 fully saturated rings. The molecule has 18 heavy (non-hydrogen) atoms. The van der Waals surface area contributed by atoms with Crippen LogP contribution in [0.3, 0.4) is 0 Å². The first-order chi connectivity index (χ1) is 8.65. The Bertz CT molecular complexity index is 429. The number of hydrogen-bond acceptors (Lipinski definition) is 2. The van der Waals surface area contributed by atoms with Crippen molar-refractivity contribution >= 4 is 5.97 Å². The van der Waals surface area contributed by atoms with E-state index >= 15 is 0 Å². The molecule has 1 aliphatic rings. The number of aliphatic carboxylic acids is 1. The quantitative estimate of drug-likeness (QED) is 0.837. The maximum absolute atomic E-state index is 10.5. The first-order valence-electron chi connectivity index (χ1n) is 6.66. The molecule has 3 heteroatoms. The monoisotopic (exact) mass is 247 g/mol. The summed E-state index contributed by atoms with van der Waals surface area (Å²) in [5.41, 5.74) is 4.40. The lowest BCUT2D eigenvalue weighted by Gasteiger charge is -2.15. The Kier molecular flexibility index (Phi) is 4.37. The molecule has 1 aliphatic carbocycles. The van der Waals surface area contributed by atoms with Gasteiger partial charge in [-0.2, -0.15) is 0 Å². The van der Waals surface area contributed by atoms with Crippen LogP contribution >= 0.6 is 0 Å². The molecule has 0 aliphatic heterocycles. The number of benzene rings is 1. The van der Waals surface area contributed by atoms with Gasteiger partial charge < -0.3 is 10.0 Å². The average molecular weight is 247 g/mol. The third-order valence-electron chi connectivity index (χ3n) is 3.65. The molecule has 0 saturated carbocycles. The lowest BCUT2D eigenvalue weighted by molar-refractivity contribution is -0.137. The Balaban J connectivity index is 1.81. The van der Waals surface area contributed by atoms with E-state index in [-0.39, 0.29) is 6.42 Å². The molecule has 0 aromatic heterocycles. The van der Waals surface area contributed by atoms with Gasteiger partial charge in [0.25, 0.3) is 0 Å². The first kappa shape index (κ1) is 13.1. The van der Waals surface area contributed by atoms with Crippen molar-refractivity contribution in [2.45, 2.75) is 32.1 Å². The summed E-state index contributed by atoms with van der Waals surface area (Å²) in [6, 6.07) is 6.80. The highest BCUT2D eigenvalue weighted by Crippen LogP contribution is 2.22. The molecular weight excluding hydrogens is 226 g/mol. The SMILES string of the molecule is CN(CCC(=O)O)CCc1ccc2c(c1)CCC2. The Labute approximate surface area is 108 Å². The van der Waals surface area contributed by atoms with Gasteiger partial charge in [0, 0.05) is 13.1 Å². The second-order valence-electron chi connectivity index (χ2n) is 5.15. The Hall–Kier alpha value is -1.35. The fourth-order valence-electron chi connectivity index (χ4n) is 2.50. The van der Waals surface area contributed by atoms with Crippen LogP contribution in [0.1, 0.15) is 29.5 Å². The minimum atomic E-state index is -0.723. The van der Waals surface area contributed by atoms with Gasteiger partial charge in [-0.3, -0.25) is 4.79 Å². The number of likely N-dealkylation sites (N-methyl/N-ethyl adjacent to an activating group) is 1. The van der Waals surface area contributed by atoms with Gasteiger partial charge >= 0.3 is 5.97 Å². The summed E-state index contributed by atoms with van der Waals surface area (Å²) in [6.07, 6.45) is 4.97. The summed E-state index contributed by atoms with van der Waals surface area (Å²) in [5, 5.41) is 8.63. The van der Waals surface area contributed by atoms with Crippen LogP contribution in [-0.4, -0.2) is 36.1 Å². The second kappa shape index (κ2) is 6.01. The van der Waals surface area contributed by atoms with Gasteiger partial charge in [-0.15, -0.1) is 0 Å². The largest absolute Gasteiger partial charge is 0.481 e. The van der Waals surface area contributed by atoms with Crippen molar-refractivity contribution in [3.63, 3.8) is 0 Å². The van der Waals surface area contributed by atoms with Crippen molar-refractivity contribution in [1.82, 2.24) is 4.90 Å². The van der Waals surface area contributed by atoms with Gasteiger partial charge in [-0.05, 0) is 49.4 Å². The van der Waals surface area contributed by atoms with E-state index in [0.29, 0.717) is 6.54 Å². The minimum Gasteiger partial charge on any atom is -0.481 e. The predicted octanol–water partition coefficient (Wildman–Crippen LogP) is 2.12. The van der Waals surface area contributed by atoms with Crippen molar-refractivity contribution in [1.29, 1.82) is 0 Å². The number of carbonyl (C=O) groups is 1. The van der Waals surface area contributed by atoms with Crippen LogP contribution < -0.4 is 0 Å². The van der Waals surface area contributed by atoms with E-state index < -0.39 is 5.97 Å². The van der Waals surface area contributed by atoms with E-state index in [9.17, 15) is 4.79 Å². The molecule has 0 unspecified atom stereocenters. The molecule has 2 rings (SSSR count). The van der Waals surface area contributed by atoms with Crippen LogP contribution in [0.4, 0.5) is 0 Å². The van der Waals surface area contributed by atoms with Crippen LogP contribution in [0.2, 0.25) is 0 Å². The Morgan fingerprint density at radius 2 is 2.06 bits per heavy atom. The van der Waals surface area contributed by atoms with E-state index in [0.717, 1.165) is 13.0 Å². The van der Waals surface area contributed by atoms with Crippen LogP contribution in [0.5, 0.6) is 0 Å². The van der Waals surface area contributed by atoms with Crippen molar-refractivity contribution in [3.8, 4) is 0 Å².